The van der Waals surface area contributed by atoms with Gasteiger partial charge in [0.25, 0.3) is 0 Å². The number of aryl methyl sites for hydroxylation is 1. The highest BCUT2D eigenvalue weighted by Gasteiger charge is 2.46. The van der Waals surface area contributed by atoms with Gasteiger partial charge in [0.1, 0.15) is 5.76 Å². The van der Waals surface area contributed by atoms with Gasteiger partial charge in [0.05, 0.1) is 11.6 Å². The van der Waals surface area contributed by atoms with Crippen LogP contribution < -0.4 is 0 Å². The number of rotatable bonds is 12. The summed E-state index contributed by atoms with van der Waals surface area (Å²) in [6.45, 7) is 10.0. The number of ketones is 1. The molecule has 2 atom stereocenters. The number of Topliss-reactive ketones (excluding diaryl/α,β-unsaturated/α-hetero) is 1. The van der Waals surface area contributed by atoms with E-state index in [0.29, 0.717) is 12.1 Å². The smallest absolute Gasteiger partial charge is 0.208 e. The molecule has 2 aromatic carbocycles. The third kappa shape index (κ3) is 7.04. The van der Waals surface area contributed by atoms with Crippen molar-refractivity contribution >= 4 is 27.5 Å². The molecule has 0 amide bonds. The van der Waals surface area contributed by atoms with Gasteiger partial charge in [0.2, 0.25) is 5.78 Å². The summed E-state index contributed by atoms with van der Waals surface area (Å²) in [6.07, 6.45) is 4.25. The van der Waals surface area contributed by atoms with Crippen LogP contribution in [0.3, 0.4) is 0 Å². The van der Waals surface area contributed by atoms with Crippen LogP contribution in [0.25, 0.3) is 5.76 Å². The molecule has 1 heterocycles. The molecule has 35 heavy (non-hydrogen) atoms. The number of aliphatic hydroxyl groups is 2. The Morgan fingerprint density at radius 3 is 2.09 bits per heavy atom. The second-order valence-corrected chi connectivity index (χ2v) is 10.4. The summed E-state index contributed by atoms with van der Waals surface area (Å²) >= 11 is 3.48. The van der Waals surface area contributed by atoms with Crippen LogP contribution in [0.2, 0.25) is 0 Å². The second kappa shape index (κ2) is 13.4. The number of hydrogen-bond acceptors (Lipinski definition) is 5. The Hall–Kier alpha value is -1.99. The molecule has 1 saturated heterocycles. The molecular formula is C29H39BrN2O3. The van der Waals surface area contributed by atoms with Gasteiger partial charge in [-0.1, -0.05) is 84.6 Å². The van der Waals surface area contributed by atoms with Crippen molar-refractivity contribution in [1.82, 2.24) is 9.80 Å². The van der Waals surface area contributed by atoms with Crippen molar-refractivity contribution in [3.05, 3.63) is 75.3 Å². The molecule has 3 rings (SSSR count). The van der Waals surface area contributed by atoms with Crippen molar-refractivity contribution in [3.63, 3.8) is 0 Å². The number of likely N-dealkylation sites (tertiary alicyclic amines) is 1. The molecule has 0 radical (unpaired) electrons. The van der Waals surface area contributed by atoms with E-state index in [9.17, 15) is 15.0 Å². The lowest BCUT2D eigenvalue weighted by Gasteiger charge is -2.29. The summed E-state index contributed by atoms with van der Waals surface area (Å²) in [7, 11) is 0. The van der Waals surface area contributed by atoms with Crippen LogP contribution in [-0.4, -0.2) is 58.2 Å². The van der Waals surface area contributed by atoms with Gasteiger partial charge in [-0.15, -0.1) is 0 Å². The molecule has 1 aliphatic rings. The number of hydrogen-bond donors (Lipinski definition) is 2. The number of carbonyl (C=O) groups excluding carboxylic acids is 1. The van der Waals surface area contributed by atoms with Gasteiger partial charge in [-0.25, -0.2) is 0 Å². The summed E-state index contributed by atoms with van der Waals surface area (Å²) in [5.74, 6) is -0.484. The summed E-state index contributed by atoms with van der Waals surface area (Å²) in [5, 5.41) is 22.2. The molecule has 0 spiro atoms. The topological polar surface area (TPSA) is 64.0 Å². The van der Waals surface area contributed by atoms with E-state index in [-0.39, 0.29) is 11.3 Å². The van der Waals surface area contributed by atoms with Crippen molar-refractivity contribution in [2.24, 2.45) is 0 Å². The first kappa shape index (κ1) is 27.6. The number of nitrogens with zero attached hydrogens (tertiary/aromatic N) is 2. The molecule has 1 fully saturated rings. The molecule has 2 N–H and O–H groups in total. The van der Waals surface area contributed by atoms with Gasteiger partial charge >= 0.3 is 0 Å². The fraction of sp³-hybridized carbons (Fsp3) is 0.483. The third-order valence-electron chi connectivity index (χ3n) is 6.73. The number of aliphatic hydroxyl groups excluding tert-OH is 2. The predicted octanol–water partition coefficient (Wildman–Crippen LogP) is 6.26. The first-order chi connectivity index (χ1) is 16.9. The van der Waals surface area contributed by atoms with Gasteiger partial charge in [-0.3, -0.25) is 9.69 Å². The van der Waals surface area contributed by atoms with Crippen LogP contribution in [0, 0.1) is 6.92 Å². The SMILES string of the molecule is CCCCN(CCCC)CCCN1[C@H](O)C(=O)C(=C(O)c2ccc(C)cc2)[C@H]1c1ccc(Br)cc1. The zero-order valence-corrected chi connectivity index (χ0v) is 22.8. The monoisotopic (exact) mass is 542 g/mol. The fourth-order valence-corrected chi connectivity index (χ4v) is 4.94. The minimum absolute atomic E-state index is 0.0583. The lowest BCUT2D eigenvalue weighted by molar-refractivity contribution is -0.127. The van der Waals surface area contributed by atoms with Crippen LogP contribution in [-0.2, 0) is 4.79 Å². The van der Waals surface area contributed by atoms with Crippen LogP contribution in [0.15, 0.2) is 58.6 Å². The van der Waals surface area contributed by atoms with Gasteiger partial charge in [-0.2, -0.15) is 0 Å². The highest BCUT2D eigenvalue weighted by atomic mass is 79.9. The van der Waals surface area contributed by atoms with Gasteiger partial charge in [0, 0.05) is 16.6 Å². The minimum Gasteiger partial charge on any atom is -0.507 e. The first-order valence-electron chi connectivity index (χ1n) is 12.8. The highest BCUT2D eigenvalue weighted by Crippen LogP contribution is 2.41. The molecule has 6 heteroatoms. The van der Waals surface area contributed by atoms with Gasteiger partial charge < -0.3 is 15.1 Å². The molecule has 0 aliphatic carbocycles. The largest absolute Gasteiger partial charge is 0.507 e. The van der Waals surface area contributed by atoms with Crippen LogP contribution in [0.4, 0.5) is 0 Å². The van der Waals surface area contributed by atoms with E-state index in [4.69, 9.17) is 0 Å². The standard InChI is InChI=1S/C29H39BrN2O3/c1-4-6-17-31(18-7-5-2)19-8-20-32-26(22-13-15-24(30)16-14-22)25(28(34)29(32)35)27(33)23-11-9-21(3)10-12-23/h9-16,26,29,33,35H,4-8,17-20H2,1-3H3/t26-,29-/m1/s1. The van der Waals surface area contributed by atoms with E-state index < -0.39 is 18.1 Å². The van der Waals surface area contributed by atoms with Crippen molar-refractivity contribution in [1.29, 1.82) is 0 Å². The maximum Gasteiger partial charge on any atom is 0.208 e. The third-order valence-corrected chi connectivity index (χ3v) is 7.26. The van der Waals surface area contributed by atoms with Crippen molar-refractivity contribution < 1.29 is 15.0 Å². The Labute approximate surface area is 218 Å². The molecule has 0 aromatic heterocycles. The van der Waals surface area contributed by atoms with E-state index in [1.165, 1.54) is 25.7 Å². The van der Waals surface area contributed by atoms with Crippen LogP contribution in [0.1, 0.15) is 68.7 Å². The lowest BCUT2D eigenvalue weighted by Crippen LogP contribution is -2.37. The second-order valence-electron chi connectivity index (χ2n) is 9.46. The maximum atomic E-state index is 13.3. The van der Waals surface area contributed by atoms with Crippen molar-refractivity contribution in [2.45, 2.75) is 65.1 Å². The van der Waals surface area contributed by atoms with Crippen molar-refractivity contribution in [3.8, 4) is 0 Å². The molecule has 1 aliphatic heterocycles. The average molecular weight is 544 g/mol. The highest BCUT2D eigenvalue weighted by molar-refractivity contribution is 9.10. The number of halogens is 1. The van der Waals surface area contributed by atoms with Gasteiger partial charge in [0.15, 0.2) is 6.23 Å². The minimum atomic E-state index is -1.27. The predicted molar refractivity (Wildman–Crippen MR) is 146 cm³/mol. The van der Waals surface area contributed by atoms with Gasteiger partial charge in [-0.05, 0) is 63.5 Å². The molecule has 5 nitrogen and oxygen atoms in total. The Morgan fingerprint density at radius 1 is 0.943 bits per heavy atom. The van der Waals surface area contributed by atoms with E-state index in [0.717, 1.165) is 41.7 Å². The summed E-state index contributed by atoms with van der Waals surface area (Å²) in [6, 6.07) is 14.7. The van der Waals surface area contributed by atoms with E-state index in [2.05, 4.69) is 34.7 Å². The average Bonchev–Trinajstić information content (AvgIpc) is 3.10. The molecular weight excluding hydrogens is 504 g/mol. The molecule has 190 valence electrons. The summed E-state index contributed by atoms with van der Waals surface area (Å²) < 4.78 is 0.938. The molecule has 0 unspecified atom stereocenters. The Balaban J connectivity index is 1.89. The van der Waals surface area contributed by atoms with E-state index in [1.54, 1.807) is 0 Å². The number of benzene rings is 2. The summed E-state index contributed by atoms with van der Waals surface area (Å²) in [4.78, 5) is 17.6. The Kier molecular flexibility index (Phi) is 10.5. The lowest BCUT2D eigenvalue weighted by atomic mass is 9.95. The molecule has 0 bridgehead atoms. The zero-order chi connectivity index (χ0) is 25.4. The van der Waals surface area contributed by atoms with E-state index >= 15 is 0 Å². The van der Waals surface area contributed by atoms with Crippen LogP contribution >= 0.6 is 15.9 Å². The van der Waals surface area contributed by atoms with E-state index in [1.807, 2.05) is 60.4 Å². The molecule has 0 saturated carbocycles. The van der Waals surface area contributed by atoms with Crippen molar-refractivity contribution in [2.75, 3.05) is 26.2 Å². The summed E-state index contributed by atoms with van der Waals surface area (Å²) in [5.41, 5.74) is 2.80. The molecule has 2 aromatic rings. The zero-order valence-electron chi connectivity index (χ0n) is 21.2. The fourth-order valence-electron chi connectivity index (χ4n) is 4.67. The quantitative estimate of drug-likeness (QED) is 0.244. The first-order valence-corrected chi connectivity index (χ1v) is 13.6. The maximum absolute atomic E-state index is 13.3. The van der Waals surface area contributed by atoms with Crippen LogP contribution in [0.5, 0.6) is 0 Å². The number of unbranched alkanes of at least 4 members (excludes halogenated alkanes) is 2. The number of carbonyl (C=O) groups is 1. The Morgan fingerprint density at radius 2 is 1.51 bits per heavy atom. The Bertz CT molecular complexity index is 980. The normalized spacial score (nSPS) is 20.1.